The van der Waals surface area contributed by atoms with Gasteiger partial charge in [0.2, 0.25) is 5.91 Å². The molecule has 0 atom stereocenters. The Morgan fingerprint density at radius 1 is 1.33 bits per heavy atom. The molecule has 24 heavy (non-hydrogen) atoms. The number of carbonyl (C=O) groups is 1. The summed E-state index contributed by atoms with van der Waals surface area (Å²) >= 11 is 0. The van der Waals surface area contributed by atoms with Crippen LogP contribution in [0.5, 0.6) is 0 Å². The zero-order chi connectivity index (χ0) is 16.4. The molecule has 2 fully saturated rings. The van der Waals surface area contributed by atoms with E-state index in [1.807, 2.05) is 6.07 Å². The van der Waals surface area contributed by atoms with Crippen LogP contribution >= 0.6 is 0 Å². The molecule has 1 N–H and O–H groups in total. The van der Waals surface area contributed by atoms with Crippen LogP contribution in [0.15, 0.2) is 35.0 Å². The van der Waals surface area contributed by atoms with Gasteiger partial charge in [-0.05, 0) is 50.0 Å². The minimum atomic E-state index is -0.130. The Kier molecular flexibility index (Phi) is 4.24. The van der Waals surface area contributed by atoms with Crippen LogP contribution in [0.3, 0.4) is 0 Å². The highest BCUT2D eigenvalue weighted by Crippen LogP contribution is 2.43. The van der Waals surface area contributed by atoms with Gasteiger partial charge in [0, 0.05) is 17.7 Å². The summed E-state index contributed by atoms with van der Waals surface area (Å²) in [6, 6.07) is 6.36. The highest BCUT2D eigenvalue weighted by molar-refractivity contribution is 5.91. The molecule has 0 bridgehead atoms. The number of hydrogen-bond acceptors (Lipinski definition) is 3. The van der Waals surface area contributed by atoms with Gasteiger partial charge in [0.25, 0.3) is 0 Å². The van der Waals surface area contributed by atoms with Crippen LogP contribution in [0, 0.1) is 0 Å². The molecule has 2 aliphatic rings. The van der Waals surface area contributed by atoms with Crippen molar-refractivity contribution in [1.82, 2.24) is 15.1 Å². The van der Waals surface area contributed by atoms with Crippen molar-refractivity contribution in [3.05, 3.63) is 47.7 Å². The van der Waals surface area contributed by atoms with Crippen LogP contribution in [-0.2, 0) is 11.3 Å². The summed E-state index contributed by atoms with van der Waals surface area (Å²) in [5, 5.41) is 7.70. The van der Waals surface area contributed by atoms with E-state index < -0.39 is 0 Å². The molecule has 2 aliphatic carbocycles. The number of amides is 1. The Bertz CT molecular complexity index is 720. The summed E-state index contributed by atoms with van der Waals surface area (Å²) in [5.41, 5.74) is 2.33. The smallest absolute Gasteiger partial charge is 0.244 e. The number of carbonyl (C=O) groups excluding carboxylic acids is 1. The fourth-order valence-electron chi connectivity index (χ4n) is 3.45. The van der Waals surface area contributed by atoms with E-state index in [-0.39, 0.29) is 5.91 Å². The van der Waals surface area contributed by atoms with E-state index in [9.17, 15) is 4.79 Å². The molecule has 2 aromatic heterocycles. The zero-order valence-electron chi connectivity index (χ0n) is 13.8. The minimum absolute atomic E-state index is 0.130. The van der Waals surface area contributed by atoms with Gasteiger partial charge in [-0.2, -0.15) is 5.10 Å². The lowest BCUT2D eigenvalue weighted by Crippen LogP contribution is -2.20. The first kappa shape index (κ1) is 15.2. The van der Waals surface area contributed by atoms with Crippen LogP contribution in [0.4, 0.5) is 0 Å². The molecule has 1 amide bonds. The maximum absolute atomic E-state index is 11.9. The second kappa shape index (κ2) is 6.67. The van der Waals surface area contributed by atoms with Gasteiger partial charge >= 0.3 is 0 Å². The van der Waals surface area contributed by atoms with Gasteiger partial charge in [-0.1, -0.05) is 12.8 Å². The standard InChI is InChI=1S/C19H23N3O2/c23-19(10-9-17-6-3-11-24-17)20-13-15-12-18(14-7-8-14)22(21-15)16-4-1-2-5-16/h3,6,9-12,14,16H,1-2,4-5,7-8,13H2,(H,20,23)/b10-9+. The van der Waals surface area contributed by atoms with Gasteiger partial charge < -0.3 is 9.73 Å². The van der Waals surface area contributed by atoms with Crippen molar-refractivity contribution in [2.45, 2.75) is 57.0 Å². The molecule has 2 heterocycles. The van der Waals surface area contributed by atoms with E-state index in [1.165, 1.54) is 50.3 Å². The van der Waals surface area contributed by atoms with Gasteiger partial charge in [0.15, 0.2) is 0 Å². The predicted molar refractivity (Wildman–Crippen MR) is 91.3 cm³/mol. The summed E-state index contributed by atoms with van der Waals surface area (Å²) in [7, 11) is 0. The molecule has 0 spiro atoms. The molecule has 0 radical (unpaired) electrons. The SMILES string of the molecule is O=C(/C=C/c1ccco1)NCc1cc(C2CC2)n(C2CCCC2)n1. The summed E-state index contributed by atoms with van der Waals surface area (Å²) in [6.07, 6.45) is 12.4. The van der Waals surface area contributed by atoms with Gasteiger partial charge in [-0.15, -0.1) is 0 Å². The van der Waals surface area contributed by atoms with Crippen molar-refractivity contribution >= 4 is 12.0 Å². The third-order valence-corrected chi connectivity index (χ3v) is 4.87. The largest absolute Gasteiger partial charge is 0.465 e. The third-order valence-electron chi connectivity index (χ3n) is 4.87. The monoisotopic (exact) mass is 325 g/mol. The van der Waals surface area contributed by atoms with E-state index in [0.29, 0.717) is 24.3 Å². The fraction of sp³-hybridized carbons (Fsp3) is 0.474. The molecule has 2 aromatic rings. The van der Waals surface area contributed by atoms with E-state index in [2.05, 4.69) is 16.1 Å². The number of rotatable bonds is 6. The summed E-state index contributed by atoms with van der Waals surface area (Å²) < 4.78 is 7.43. The average molecular weight is 325 g/mol. The first-order chi connectivity index (χ1) is 11.8. The lowest BCUT2D eigenvalue weighted by molar-refractivity contribution is -0.116. The second-order valence-electron chi connectivity index (χ2n) is 6.78. The Morgan fingerprint density at radius 3 is 2.88 bits per heavy atom. The molecule has 0 aliphatic heterocycles. The number of aromatic nitrogens is 2. The van der Waals surface area contributed by atoms with Crippen molar-refractivity contribution < 1.29 is 9.21 Å². The third kappa shape index (κ3) is 3.45. The molecule has 4 rings (SSSR count). The van der Waals surface area contributed by atoms with Crippen LogP contribution in [-0.4, -0.2) is 15.7 Å². The Hall–Kier alpha value is -2.30. The van der Waals surface area contributed by atoms with Gasteiger partial charge in [-0.25, -0.2) is 0 Å². The van der Waals surface area contributed by atoms with Crippen LogP contribution in [0.25, 0.3) is 6.08 Å². The van der Waals surface area contributed by atoms with Gasteiger partial charge in [0.1, 0.15) is 5.76 Å². The first-order valence-corrected chi connectivity index (χ1v) is 8.87. The number of nitrogens with zero attached hydrogens (tertiary/aromatic N) is 2. The summed E-state index contributed by atoms with van der Waals surface area (Å²) in [5.74, 6) is 1.22. The molecule has 5 nitrogen and oxygen atoms in total. The van der Waals surface area contributed by atoms with Gasteiger partial charge in [0.05, 0.1) is 24.5 Å². The molecule has 0 aromatic carbocycles. The number of nitrogens with one attached hydrogen (secondary N) is 1. The molecule has 2 saturated carbocycles. The molecule has 0 saturated heterocycles. The van der Waals surface area contributed by atoms with Crippen molar-refractivity contribution in [3.8, 4) is 0 Å². The van der Waals surface area contributed by atoms with Crippen LogP contribution in [0.2, 0.25) is 0 Å². The second-order valence-corrected chi connectivity index (χ2v) is 6.78. The van der Waals surface area contributed by atoms with Crippen molar-refractivity contribution in [2.24, 2.45) is 0 Å². The number of furan rings is 1. The van der Waals surface area contributed by atoms with E-state index in [1.54, 1.807) is 18.4 Å². The number of hydrogen-bond donors (Lipinski definition) is 1. The van der Waals surface area contributed by atoms with Crippen molar-refractivity contribution in [1.29, 1.82) is 0 Å². The molecule has 5 heteroatoms. The Balaban J connectivity index is 1.39. The van der Waals surface area contributed by atoms with E-state index >= 15 is 0 Å². The van der Waals surface area contributed by atoms with Crippen molar-refractivity contribution in [2.75, 3.05) is 0 Å². The molecule has 0 unspecified atom stereocenters. The Morgan fingerprint density at radius 2 is 2.17 bits per heavy atom. The summed E-state index contributed by atoms with van der Waals surface area (Å²) in [4.78, 5) is 11.9. The lowest BCUT2D eigenvalue weighted by Gasteiger charge is -2.13. The Labute approximate surface area is 141 Å². The van der Waals surface area contributed by atoms with E-state index in [0.717, 1.165) is 5.69 Å². The lowest BCUT2D eigenvalue weighted by atomic mass is 10.2. The van der Waals surface area contributed by atoms with E-state index in [4.69, 9.17) is 9.52 Å². The maximum atomic E-state index is 11.9. The normalized spacial score (nSPS) is 18.5. The van der Waals surface area contributed by atoms with Gasteiger partial charge in [-0.3, -0.25) is 9.48 Å². The predicted octanol–water partition coefficient (Wildman–Crippen LogP) is 3.80. The highest BCUT2D eigenvalue weighted by atomic mass is 16.3. The molecule has 126 valence electrons. The van der Waals surface area contributed by atoms with Crippen LogP contribution in [0.1, 0.15) is 67.6 Å². The topological polar surface area (TPSA) is 60.1 Å². The first-order valence-electron chi connectivity index (χ1n) is 8.87. The fourth-order valence-corrected chi connectivity index (χ4v) is 3.45. The van der Waals surface area contributed by atoms with Crippen LogP contribution < -0.4 is 5.32 Å². The summed E-state index contributed by atoms with van der Waals surface area (Å²) in [6.45, 7) is 0.473. The highest BCUT2D eigenvalue weighted by Gasteiger charge is 2.31. The quantitative estimate of drug-likeness (QED) is 0.822. The average Bonchev–Trinajstić information content (AvgIpc) is 3.04. The molecular weight excluding hydrogens is 302 g/mol. The zero-order valence-corrected chi connectivity index (χ0v) is 13.8. The van der Waals surface area contributed by atoms with Crippen molar-refractivity contribution in [3.63, 3.8) is 0 Å². The minimum Gasteiger partial charge on any atom is -0.465 e. The molecular formula is C19H23N3O2. The maximum Gasteiger partial charge on any atom is 0.244 e.